The van der Waals surface area contributed by atoms with Crippen LogP contribution < -0.4 is 0 Å². The van der Waals surface area contributed by atoms with E-state index in [1.54, 1.807) is 29.2 Å². The molecule has 3 nitrogen and oxygen atoms in total. The molecule has 102 valence electrons. The fourth-order valence-corrected chi connectivity index (χ4v) is 2.42. The average molecular weight is 300 g/mol. The number of amides is 1. The van der Waals surface area contributed by atoms with Crippen molar-refractivity contribution in [2.24, 2.45) is 0 Å². The first-order valence-electron chi connectivity index (χ1n) is 6.16. The molecule has 0 aromatic heterocycles. The maximum atomic E-state index is 12.0. The Morgan fingerprint density at radius 2 is 2.21 bits per heavy atom. The number of carbonyl (C=O) groups excluding carboxylic acids is 1. The number of piperidine rings is 1. The van der Waals surface area contributed by atoms with Crippen molar-refractivity contribution in [3.8, 4) is 0 Å². The number of likely N-dealkylation sites (tertiary alicyclic amines) is 1. The molecule has 1 fully saturated rings. The Balaban J connectivity index is 2.05. The fraction of sp³-hybridized carbons (Fsp3) is 0.357. The normalized spacial score (nSPS) is 19.9. The highest BCUT2D eigenvalue weighted by Gasteiger charge is 2.20. The van der Waals surface area contributed by atoms with Gasteiger partial charge < -0.3 is 10.0 Å². The van der Waals surface area contributed by atoms with Crippen molar-refractivity contribution in [2.75, 3.05) is 13.1 Å². The highest BCUT2D eigenvalue weighted by atomic mass is 35.5. The third kappa shape index (κ3) is 3.96. The predicted molar refractivity (Wildman–Crippen MR) is 77.3 cm³/mol. The third-order valence-electron chi connectivity index (χ3n) is 3.07. The molecule has 1 unspecified atom stereocenters. The summed E-state index contributed by atoms with van der Waals surface area (Å²) < 4.78 is 0. The van der Waals surface area contributed by atoms with Crippen LogP contribution in [0, 0.1) is 0 Å². The summed E-state index contributed by atoms with van der Waals surface area (Å²) in [7, 11) is 0. The quantitative estimate of drug-likeness (QED) is 0.853. The molecule has 1 amide bonds. The van der Waals surface area contributed by atoms with Gasteiger partial charge in [-0.3, -0.25) is 4.79 Å². The van der Waals surface area contributed by atoms with E-state index in [9.17, 15) is 9.90 Å². The van der Waals surface area contributed by atoms with E-state index in [-0.39, 0.29) is 5.91 Å². The van der Waals surface area contributed by atoms with Crippen molar-refractivity contribution in [1.29, 1.82) is 0 Å². The Bertz CT molecular complexity index is 502. The van der Waals surface area contributed by atoms with Gasteiger partial charge in [0.2, 0.25) is 5.91 Å². The highest BCUT2D eigenvalue weighted by molar-refractivity contribution is 6.34. The van der Waals surface area contributed by atoms with Gasteiger partial charge in [0.15, 0.2) is 0 Å². The van der Waals surface area contributed by atoms with Crippen LogP contribution >= 0.6 is 23.2 Å². The first-order valence-corrected chi connectivity index (χ1v) is 6.92. The lowest BCUT2D eigenvalue weighted by atomic mass is 10.1. The number of hydrogen-bond acceptors (Lipinski definition) is 2. The zero-order valence-electron chi connectivity index (χ0n) is 10.4. The van der Waals surface area contributed by atoms with Crippen LogP contribution in [0.2, 0.25) is 10.0 Å². The van der Waals surface area contributed by atoms with E-state index in [2.05, 4.69) is 0 Å². The Labute approximate surface area is 122 Å². The lowest BCUT2D eigenvalue weighted by molar-refractivity contribution is -0.128. The number of aliphatic hydroxyl groups is 1. The molecule has 2 rings (SSSR count). The molecule has 0 radical (unpaired) electrons. The highest BCUT2D eigenvalue weighted by Crippen LogP contribution is 2.22. The zero-order chi connectivity index (χ0) is 13.8. The van der Waals surface area contributed by atoms with Crippen LogP contribution in [-0.2, 0) is 4.79 Å². The molecular weight excluding hydrogens is 285 g/mol. The molecule has 1 aliphatic rings. The number of hydrogen-bond donors (Lipinski definition) is 1. The van der Waals surface area contributed by atoms with Gasteiger partial charge in [0.05, 0.1) is 6.10 Å². The summed E-state index contributed by atoms with van der Waals surface area (Å²) in [6.45, 7) is 1.08. The number of rotatable bonds is 2. The number of carbonyl (C=O) groups is 1. The molecule has 1 aromatic carbocycles. The Morgan fingerprint density at radius 1 is 1.42 bits per heavy atom. The minimum atomic E-state index is -0.416. The molecule has 1 atom stereocenters. The van der Waals surface area contributed by atoms with Gasteiger partial charge >= 0.3 is 0 Å². The lowest BCUT2D eigenvalue weighted by Gasteiger charge is -2.29. The lowest BCUT2D eigenvalue weighted by Crippen LogP contribution is -2.41. The smallest absolute Gasteiger partial charge is 0.246 e. The number of β-amino-alcohol motifs (C(OH)–C–C–N with tert-alkyl or cyclic N) is 1. The van der Waals surface area contributed by atoms with Gasteiger partial charge in [0, 0.05) is 29.2 Å². The molecule has 5 heteroatoms. The van der Waals surface area contributed by atoms with E-state index in [1.807, 2.05) is 0 Å². The fourth-order valence-electron chi connectivity index (χ4n) is 2.06. The zero-order valence-corrected chi connectivity index (χ0v) is 11.9. The van der Waals surface area contributed by atoms with E-state index < -0.39 is 6.10 Å². The van der Waals surface area contributed by atoms with Crippen molar-refractivity contribution in [2.45, 2.75) is 18.9 Å². The summed E-state index contributed by atoms with van der Waals surface area (Å²) in [6, 6.07) is 5.10. The van der Waals surface area contributed by atoms with Crippen LogP contribution in [0.3, 0.4) is 0 Å². The Kier molecular flexibility index (Phi) is 4.86. The second-order valence-corrected chi connectivity index (χ2v) is 5.42. The molecule has 1 N–H and O–H groups in total. The van der Waals surface area contributed by atoms with Gasteiger partial charge in [-0.15, -0.1) is 0 Å². The van der Waals surface area contributed by atoms with E-state index in [0.29, 0.717) is 28.7 Å². The molecular formula is C14H15Cl2NO2. The molecule has 0 saturated carbocycles. The summed E-state index contributed by atoms with van der Waals surface area (Å²) in [4.78, 5) is 13.6. The Morgan fingerprint density at radius 3 is 2.95 bits per heavy atom. The maximum Gasteiger partial charge on any atom is 0.246 e. The average Bonchev–Trinajstić information content (AvgIpc) is 2.39. The minimum Gasteiger partial charge on any atom is -0.391 e. The second-order valence-electron chi connectivity index (χ2n) is 4.58. The van der Waals surface area contributed by atoms with Crippen molar-refractivity contribution in [3.63, 3.8) is 0 Å². The topological polar surface area (TPSA) is 40.5 Å². The SMILES string of the molecule is O=C(/C=C/c1cc(Cl)ccc1Cl)N1CCCC(O)C1. The van der Waals surface area contributed by atoms with Crippen molar-refractivity contribution in [3.05, 3.63) is 39.9 Å². The van der Waals surface area contributed by atoms with Crippen molar-refractivity contribution < 1.29 is 9.90 Å². The first-order chi connectivity index (χ1) is 9.06. The molecule has 1 heterocycles. The maximum absolute atomic E-state index is 12.0. The monoisotopic (exact) mass is 299 g/mol. The molecule has 0 bridgehead atoms. The van der Waals surface area contributed by atoms with Gasteiger partial charge in [0.1, 0.15) is 0 Å². The van der Waals surface area contributed by atoms with E-state index in [1.165, 1.54) is 6.08 Å². The number of halogens is 2. The van der Waals surface area contributed by atoms with Gasteiger partial charge in [-0.2, -0.15) is 0 Å². The molecule has 19 heavy (non-hydrogen) atoms. The van der Waals surface area contributed by atoms with Crippen LogP contribution in [0.25, 0.3) is 6.08 Å². The largest absolute Gasteiger partial charge is 0.391 e. The van der Waals surface area contributed by atoms with Gasteiger partial charge in [-0.1, -0.05) is 23.2 Å². The second kappa shape index (κ2) is 6.42. The van der Waals surface area contributed by atoms with Gasteiger partial charge in [-0.25, -0.2) is 0 Å². The molecule has 1 saturated heterocycles. The van der Waals surface area contributed by atoms with Gasteiger partial charge in [-0.05, 0) is 42.7 Å². The van der Waals surface area contributed by atoms with Crippen LogP contribution in [0.5, 0.6) is 0 Å². The third-order valence-corrected chi connectivity index (χ3v) is 3.65. The minimum absolute atomic E-state index is 0.116. The van der Waals surface area contributed by atoms with Crippen molar-refractivity contribution in [1.82, 2.24) is 4.90 Å². The predicted octanol–water partition coefficient (Wildman–Crippen LogP) is 2.99. The van der Waals surface area contributed by atoms with Crippen LogP contribution in [0.1, 0.15) is 18.4 Å². The number of benzene rings is 1. The molecule has 1 aromatic rings. The van der Waals surface area contributed by atoms with Crippen LogP contribution in [0.15, 0.2) is 24.3 Å². The van der Waals surface area contributed by atoms with E-state index in [0.717, 1.165) is 12.8 Å². The summed E-state index contributed by atoms with van der Waals surface area (Å²) in [5, 5.41) is 10.7. The van der Waals surface area contributed by atoms with Crippen molar-refractivity contribution >= 4 is 35.2 Å². The molecule has 1 aliphatic heterocycles. The summed E-state index contributed by atoms with van der Waals surface area (Å²) in [6.07, 6.45) is 4.29. The summed E-state index contributed by atoms with van der Waals surface area (Å²) in [5.74, 6) is -0.116. The van der Waals surface area contributed by atoms with Crippen LogP contribution in [-0.4, -0.2) is 35.1 Å². The van der Waals surface area contributed by atoms with Gasteiger partial charge in [0.25, 0.3) is 0 Å². The molecule has 0 spiro atoms. The standard InChI is InChI=1S/C14H15Cl2NO2/c15-11-4-5-13(16)10(8-11)3-6-14(19)17-7-1-2-12(18)9-17/h3-6,8,12,18H,1-2,7,9H2/b6-3+. The van der Waals surface area contributed by atoms with Crippen LogP contribution in [0.4, 0.5) is 0 Å². The number of nitrogens with zero attached hydrogens (tertiary/aromatic N) is 1. The molecule has 0 aliphatic carbocycles. The van der Waals surface area contributed by atoms with E-state index >= 15 is 0 Å². The Hall–Kier alpha value is -1.03. The summed E-state index contributed by atoms with van der Waals surface area (Å²) in [5.41, 5.74) is 0.708. The van der Waals surface area contributed by atoms with E-state index in [4.69, 9.17) is 23.2 Å². The first kappa shape index (κ1) is 14.4. The summed E-state index contributed by atoms with van der Waals surface area (Å²) >= 11 is 11.9. The number of aliphatic hydroxyl groups excluding tert-OH is 1.